The van der Waals surface area contributed by atoms with Gasteiger partial charge >= 0.3 is 5.97 Å². The molecule has 2 aromatic rings. The number of rotatable bonds is 13. The highest BCUT2D eigenvalue weighted by Crippen LogP contribution is 2.40. The first-order chi connectivity index (χ1) is 20.8. The van der Waals surface area contributed by atoms with Gasteiger partial charge in [-0.2, -0.15) is 9.36 Å². The van der Waals surface area contributed by atoms with Crippen LogP contribution >= 0.6 is 23.3 Å². The fourth-order valence-corrected chi connectivity index (χ4v) is 5.82. The molecule has 17 nitrogen and oxygen atoms in total. The number of hydrogen-bond acceptors (Lipinski definition) is 14. The first-order valence-corrected chi connectivity index (χ1v) is 14.9. The summed E-state index contributed by atoms with van der Waals surface area (Å²) in [7, 11) is 0. The lowest BCUT2D eigenvalue weighted by Crippen LogP contribution is -2.71. The van der Waals surface area contributed by atoms with E-state index in [1.165, 1.54) is 25.6 Å². The molecule has 7 N–H and O–H groups in total. The van der Waals surface area contributed by atoms with Crippen LogP contribution in [-0.4, -0.2) is 90.5 Å². The van der Waals surface area contributed by atoms with E-state index in [4.69, 9.17) is 16.3 Å². The van der Waals surface area contributed by atoms with Gasteiger partial charge in [0.2, 0.25) is 17.1 Å². The second-order valence-corrected chi connectivity index (χ2v) is 12.0. The van der Waals surface area contributed by atoms with E-state index in [1.807, 2.05) is 12.1 Å². The number of nitrogens with one attached hydrogen (secondary N) is 2. The minimum atomic E-state index is -1.80. The summed E-state index contributed by atoms with van der Waals surface area (Å²) in [6.45, 7) is 5.44. The average Bonchev–Trinajstić information content (AvgIpc) is 3.39. The Morgan fingerprint density at radius 1 is 1.32 bits per heavy atom. The van der Waals surface area contributed by atoms with Crippen molar-refractivity contribution in [3.05, 3.63) is 41.6 Å². The Bertz CT molecular complexity index is 1550. The van der Waals surface area contributed by atoms with Gasteiger partial charge in [0.15, 0.2) is 24.1 Å². The SMILES string of the molecule is CC(N)=NCCNc1cc[n+](CC2=C(C(=O)[O-])N3C(=O)C(NC(=O)/C(=N\OC(C)(C)C(=O)O)c4nsc(N)n4)C3SC2)cc1. The van der Waals surface area contributed by atoms with Crippen molar-refractivity contribution in [2.45, 2.75) is 44.3 Å². The van der Waals surface area contributed by atoms with Crippen LogP contribution in [0.5, 0.6) is 0 Å². The summed E-state index contributed by atoms with van der Waals surface area (Å²) in [6, 6.07) is 2.52. The Labute approximate surface area is 259 Å². The molecule has 234 valence electrons. The first-order valence-electron chi connectivity index (χ1n) is 13.1. The Morgan fingerprint density at radius 3 is 2.61 bits per heavy atom. The molecule has 2 atom stereocenters. The van der Waals surface area contributed by atoms with Gasteiger partial charge in [0, 0.05) is 47.2 Å². The summed E-state index contributed by atoms with van der Waals surface area (Å²) < 4.78 is 5.69. The van der Waals surface area contributed by atoms with Gasteiger partial charge in [-0.3, -0.25) is 19.5 Å². The number of aliphatic imine (C=N–C) groups is 1. The molecule has 2 amide bonds. The Kier molecular flexibility index (Phi) is 9.68. The van der Waals surface area contributed by atoms with Crippen LogP contribution in [0.15, 0.2) is 45.9 Å². The number of fused-ring (bicyclic) bond motifs is 1. The maximum Gasteiger partial charge on any atom is 0.350 e. The van der Waals surface area contributed by atoms with Crippen molar-refractivity contribution in [3.8, 4) is 0 Å². The minimum absolute atomic E-state index is 0.0130. The highest BCUT2D eigenvalue weighted by molar-refractivity contribution is 8.00. The number of nitrogens with two attached hydrogens (primary N) is 2. The molecule has 2 aromatic heterocycles. The molecule has 0 aliphatic carbocycles. The van der Waals surface area contributed by atoms with E-state index >= 15 is 0 Å². The van der Waals surface area contributed by atoms with E-state index in [9.17, 15) is 29.4 Å². The van der Waals surface area contributed by atoms with Crippen molar-refractivity contribution in [2.24, 2.45) is 15.9 Å². The van der Waals surface area contributed by atoms with Gasteiger partial charge in [-0.15, -0.1) is 11.8 Å². The molecule has 44 heavy (non-hydrogen) atoms. The third kappa shape index (κ3) is 7.22. The van der Waals surface area contributed by atoms with Crippen molar-refractivity contribution in [3.63, 3.8) is 0 Å². The van der Waals surface area contributed by atoms with Gasteiger partial charge in [-0.25, -0.2) is 9.36 Å². The fourth-order valence-electron chi connectivity index (χ4n) is 4.05. The molecule has 0 aromatic carbocycles. The van der Waals surface area contributed by atoms with E-state index in [1.54, 1.807) is 23.9 Å². The van der Waals surface area contributed by atoms with Crippen molar-refractivity contribution >= 4 is 69.4 Å². The lowest BCUT2D eigenvalue weighted by Gasteiger charge is -2.50. The zero-order valence-corrected chi connectivity index (χ0v) is 25.5. The van der Waals surface area contributed by atoms with Gasteiger partial charge in [0.25, 0.3) is 11.8 Å². The molecule has 0 bridgehead atoms. The van der Waals surface area contributed by atoms with Crippen molar-refractivity contribution in [1.29, 1.82) is 0 Å². The molecule has 1 saturated heterocycles. The predicted molar refractivity (Wildman–Crippen MR) is 158 cm³/mol. The van der Waals surface area contributed by atoms with Crippen molar-refractivity contribution in [2.75, 3.05) is 29.9 Å². The highest BCUT2D eigenvalue weighted by Gasteiger charge is 2.53. The van der Waals surface area contributed by atoms with Gasteiger partial charge in [-0.05, 0) is 20.8 Å². The number of carbonyl (C=O) groups excluding carboxylic acids is 3. The fraction of sp³-hybridized carbons (Fsp3) is 0.400. The smallest absolute Gasteiger partial charge is 0.350 e. The Hall–Kier alpha value is -4.78. The standard InChI is InChI=1S/C25H30N10O7S2/c1-12(26)28-6-7-29-14-4-8-34(9-5-14)10-13-11-43-21-16(20(37)35(21)17(13)22(38)39)30-19(36)15(18-31-24(27)44-33-18)32-42-25(2,3)23(40)41/h4-5,8-9,16,21H,6-7,10-11H2,1-3H3,(H7,26,27,28,30,31,33,36,38,39,40,41)/b32-15-. The normalized spacial score (nSPS) is 18.8. The summed E-state index contributed by atoms with van der Waals surface area (Å²) in [5.41, 5.74) is 9.88. The molecule has 2 unspecified atom stereocenters. The number of β-lactam (4-membered cyclic amide) rings is 1. The lowest BCUT2D eigenvalue weighted by atomic mass is 10.0. The third-order valence-electron chi connectivity index (χ3n) is 6.34. The maximum atomic E-state index is 13.2. The molecule has 1 fully saturated rings. The van der Waals surface area contributed by atoms with E-state index in [2.05, 4.69) is 30.1 Å². The number of aromatic nitrogens is 3. The average molecular weight is 647 g/mol. The summed E-state index contributed by atoms with van der Waals surface area (Å²) in [5, 5.41) is 30.1. The predicted octanol–water partition coefficient (Wildman–Crippen LogP) is -2.12. The first kappa shape index (κ1) is 32.1. The number of carboxylic acid groups (broad SMARTS) is 2. The van der Waals surface area contributed by atoms with Crippen molar-refractivity contribution in [1.82, 2.24) is 19.6 Å². The number of aliphatic carboxylic acids is 2. The van der Waals surface area contributed by atoms with E-state index in [0.717, 1.165) is 22.1 Å². The van der Waals surface area contributed by atoms with Gasteiger partial charge < -0.3 is 41.9 Å². The van der Waals surface area contributed by atoms with E-state index in [0.29, 0.717) is 24.5 Å². The zero-order valence-electron chi connectivity index (χ0n) is 23.8. The van der Waals surface area contributed by atoms with Crippen LogP contribution < -0.4 is 31.8 Å². The van der Waals surface area contributed by atoms with Crippen molar-refractivity contribution < 1.29 is 38.8 Å². The number of oxime groups is 1. The number of anilines is 2. The highest BCUT2D eigenvalue weighted by atomic mass is 32.2. The molecule has 0 radical (unpaired) electrons. The van der Waals surface area contributed by atoms with E-state index < -0.39 is 46.5 Å². The number of nitrogen functional groups attached to an aromatic ring is 1. The zero-order chi connectivity index (χ0) is 32.2. The van der Waals surface area contributed by atoms with Gasteiger partial charge in [0.1, 0.15) is 11.4 Å². The molecule has 4 rings (SSSR count). The number of thioether (sulfide) groups is 1. The maximum absolute atomic E-state index is 13.2. The monoisotopic (exact) mass is 646 g/mol. The molecule has 4 heterocycles. The van der Waals surface area contributed by atoms with Crippen LogP contribution in [0.4, 0.5) is 10.8 Å². The number of pyridine rings is 1. The van der Waals surface area contributed by atoms with Crippen LogP contribution in [0.25, 0.3) is 0 Å². The van der Waals surface area contributed by atoms with Crippen LogP contribution in [0.3, 0.4) is 0 Å². The molecule has 2 aliphatic rings. The largest absolute Gasteiger partial charge is 0.543 e. The number of hydrogen-bond donors (Lipinski definition) is 5. The molecular weight excluding hydrogens is 616 g/mol. The number of carboxylic acids is 2. The molecule has 19 heteroatoms. The summed E-state index contributed by atoms with van der Waals surface area (Å²) in [4.78, 5) is 64.1. The minimum Gasteiger partial charge on any atom is -0.543 e. The number of carbonyl (C=O) groups is 4. The van der Waals surface area contributed by atoms with Crippen LogP contribution in [0.2, 0.25) is 0 Å². The van der Waals surface area contributed by atoms with Crippen LogP contribution in [0, 0.1) is 0 Å². The molecule has 0 saturated carbocycles. The summed E-state index contributed by atoms with van der Waals surface area (Å²) >= 11 is 2.03. The lowest BCUT2D eigenvalue weighted by molar-refractivity contribution is -0.689. The summed E-state index contributed by atoms with van der Waals surface area (Å²) in [5.74, 6) is -3.98. The number of amides is 2. The van der Waals surface area contributed by atoms with Gasteiger partial charge in [-0.1, -0.05) is 5.16 Å². The number of nitrogens with zero attached hydrogens (tertiary/aromatic N) is 6. The quantitative estimate of drug-likeness (QED) is 0.0390. The van der Waals surface area contributed by atoms with Crippen LogP contribution in [0.1, 0.15) is 26.6 Å². The Balaban J connectivity index is 1.47. The third-order valence-corrected chi connectivity index (χ3v) is 8.22. The molecular formula is C25H30N10O7S2. The van der Waals surface area contributed by atoms with E-state index in [-0.39, 0.29) is 29.0 Å². The second kappa shape index (κ2) is 13.2. The molecule has 2 aliphatic heterocycles. The Morgan fingerprint density at radius 2 is 2.02 bits per heavy atom. The van der Waals surface area contributed by atoms with Crippen LogP contribution in [-0.2, 0) is 30.6 Å². The topological polar surface area (TPSA) is 255 Å². The molecule has 0 spiro atoms. The number of amidine groups is 1. The van der Waals surface area contributed by atoms with Gasteiger partial charge in [0.05, 0.1) is 24.0 Å². The second-order valence-electron chi connectivity index (χ2n) is 10.1. The summed E-state index contributed by atoms with van der Waals surface area (Å²) in [6.07, 6.45) is 3.54.